The van der Waals surface area contributed by atoms with E-state index in [9.17, 15) is 14.4 Å². The van der Waals surface area contributed by atoms with Crippen LogP contribution in [0.3, 0.4) is 0 Å². The number of hydrogen-bond donors (Lipinski definition) is 0. The summed E-state index contributed by atoms with van der Waals surface area (Å²) in [5.41, 5.74) is 3.05. The smallest absolute Gasteiger partial charge is 0.314 e. The Morgan fingerprint density at radius 2 is 1.02 bits per heavy atom. The summed E-state index contributed by atoms with van der Waals surface area (Å²) in [6.07, 6.45) is 15.0. The van der Waals surface area contributed by atoms with Gasteiger partial charge < -0.3 is 4.74 Å². The summed E-state index contributed by atoms with van der Waals surface area (Å²) >= 11 is 2.96. The lowest BCUT2D eigenvalue weighted by Gasteiger charge is -2.22. The molecular formula is C46H54O4S2. The number of unbranched alkanes of at least 4 members (excludes halogenated alkanes) is 9. The topological polar surface area (TPSA) is 60.4 Å². The summed E-state index contributed by atoms with van der Waals surface area (Å²) in [6.45, 7) is 8.78. The highest BCUT2D eigenvalue weighted by Gasteiger charge is 2.34. The van der Waals surface area contributed by atoms with E-state index in [1.54, 1.807) is 12.1 Å². The Morgan fingerprint density at radius 1 is 0.577 bits per heavy atom. The van der Waals surface area contributed by atoms with E-state index in [0.29, 0.717) is 33.9 Å². The molecule has 274 valence electrons. The molecule has 0 aromatic heterocycles. The predicted molar refractivity (Wildman–Crippen MR) is 215 cm³/mol. The molecule has 0 fully saturated rings. The Balaban J connectivity index is 1.25. The molecule has 1 aliphatic rings. The molecule has 0 saturated carbocycles. The molecule has 0 amide bonds. The summed E-state index contributed by atoms with van der Waals surface area (Å²) in [5, 5.41) is 0. The van der Waals surface area contributed by atoms with Crippen molar-refractivity contribution >= 4 is 41.1 Å². The molecule has 0 saturated heterocycles. The minimum absolute atomic E-state index is 0.0758. The average molecular weight is 735 g/mol. The molecule has 6 heteroatoms. The van der Waals surface area contributed by atoms with Crippen LogP contribution in [0.15, 0.2) is 105 Å². The molecule has 4 aromatic rings. The highest BCUT2D eigenvalue weighted by Crippen LogP contribution is 2.41. The largest absolute Gasteiger partial charge is 0.426 e. The number of hydrogen-bond acceptors (Lipinski definition) is 6. The molecule has 0 aliphatic heterocycles. The molecule has 0 bridgehead atoms. The van der Waals surface area contributed by atoms with Crippen molar-refractivity contribution in [3.63, 3.8) is 0 Å². The van der Waals surface area contributed by atoms with E-state index in [0.717, 1.165) is 51.7 Å². The molecule has 5 rings (SSSR count). The standard InChI is InChI=1S/C46H54O4S2/c1-5-7-9-11-12-13-15-19-34(18-14-10-8-6-2)46(49)50-35-26-30-37(31-27-35)52-41-23-17-21-39-43(41)45(48)38-20-16-22-40(42(38)44(39)47)51-36-28-24-33(25-29-36)32(3)4/h16-17,20-32,34H,5-15,18-19H2,1-4H3. The molecule has 1 atom stereocenters. The molecule has 4 aromatic carbocycles. The number of rotatable bonds is 20. The molecule has 1 unspecified atom stereocenters. The molecule has 0 spiro atoms. The molecule has 0 radical (unpaired) electrons. The van der Waals surface area contributed by atoms with Crippen LogP contribution >= 0.6 is 23.5 Å². The van der Waals surface area contributed by atoms with Gasteiger partial charge in [-0.25, -0.2) is 0 Å². The number of fused-ring (bicyclic) bond motifs is 2. The number of esters is 1. The molecule has 0 N–H and O–H groups in total. The quantitative estimate of drug-likeness (QED) is 0.0451. The highest BCUT2D eigenvalue weighted by molar-refractivity contribution is 7.99. The van der Waals surface area contributed by atoms with E-state index in [1.165, 1.54) is 80.5 Å². The van der Waals surface area contributed by atoms with Crippen LogP contribution in [0.4, 0.5) is 0 Å². The van der Waals surface area contributed by atoms with E-state index in [-0.39, 0.29) is 23.5 Å². The Hall–Kier alpha value is -3.61. The van der Waals surface area contributed by atoms with Gasteiger partial charge in [-0.2, -0.15) is 0 Å². The predicted octanol–water partition coefficient (Wildman–Crippen LogP) is 13.5. The van der Waals surface area contributed by atoms with Crippen molar-refractivity contribution in [2.24, 2.45) is 5.92 Å². The van der Waals surface area contributed by atoms with Crippen molar-refractivity contribution in [3.05, 3.63) is 113 Å². The molecule has 0 heterocycles. The number of benzene rings is 4. The van der Waals surface area contributed by atoms with Gasteiger partial charge in [-0.05, 0) is 72.9 Å². The van der Waals surface area contributed by atoms with Crippen molar-refractivity contribution < 1.29 is 19.1 Å². The maximum Gasteiger partial charge on any atom is 0.314 e. The highest BCUT2D eigenvalue weighted by atomic mass is 32.2. The van der Waals surface area contributed by atoms with E-state index in [2.05, 4.69) is 52.0 Å². The lowest BCUT2D eigenvalue weighted by atomic mass is 9.84. The summed E-state index contributed by atoms with van der Waals surface area (Å²) in [5.74, 6) is 0.500. The van der Waals surface area contributed by atoms with Gasteiger partial charge in [0.1, 0.15) is 5.75 Å². The Kier molecular flexibility index (Phi) is 15.2. The first-order valence-electron chi connectivity index (χ1n) is 19.4. The second-order valence-corrected chi connectivity index (χ2v) is 16.5. The van der Waals surface area contributed by atoms with Gasteiger partial charge >= 0.3 is 5.97 Å². The van der Waals surface area contributed by atoms with Crippen LogP contribution in [0.2, 0.25) is 0 Å². The van der Waals surface area contributed by atoms with Crippen LogP contribution in [-0.4, -0.2) is 17.5 Å². The van der Waals surface area contributed by atoms with E-state index < -0.39 is 0 Å². The number of ketones is 2. The molecular weight excluding hydrogens is 681 g/mol. The third kappa shape index (κ3) is 10.5. The fourth-order valence-electron chi connectivity index (χ4n) is 6.84. The zero-order chi connectivity index (χ0) is 36.9. The summed E-state index contributed by atoms with van der Waals surface area (Å²) in [4.78, 5) is 44.9. The van der Waals surface area contributed by atoms with Crippen LogP contribution in [0.25, 0.3) is 0 Å². The van der Waals surface area contributed by atoms with Crippen molar-refractivity contribution in [1.29, 1.82) is 0 Å². The van der Waals surface area contributed by atoms with Crippen molar-refractivity contribution in [3.8, 4) is 5.75 Å². The number of ether oxygens (including phenoxy) is 1. The minimum atomic E-state index is -0.137. The average Bonchev–Trinajstić information content (AvgIpc) is 3.15. The van der Waals surface area contributed by atoms with Gasteiger partial charge in [0.2, 0.25) is 0 Å². The van der Waals surface area contributed by atoms with E-state index >= 15 is 0 Å². The van der Waals surface area contributed by atoms with Gasteiger partial charge in [-0.3, -0.25) is 14.4 Å². The van der Waals surface area contributed by atoms with E-state index in [1.807, 2.05) is 48.5 Å². The first-order valence-corrected chi connectivity index (χ1v) is 21.1. The lowest BCUT2D eigenvalue weighted by molar-refractivity contribution is -0.139. The summed E-state index contributed by atoms with van der Waals surface area (Å²) in [6, 6.07) is 26.9. The fraction of sp³-hybridized carbons (Fsp3) is 0.413. The zero-order valence-corrected chi connectivity index (χ0v) is 33.0. The lowest BCUT2D eigenvalue weighted by Crippen LogP contribution is -2.22. The first kappa shape index (κ1) is 39.6. The van der Waals surface area contributed by atoms with E-state index in [4.69, 9.17) is 4.74 Å². The summed E-state index contributed by atoms with van der Waals surface area (Å²) in [7, 11) is 0. The summed E-state index contributed by atoms with van der Waals surface area (Å²) < 4.78 is 5.93. The molecule has 4 nitrogen and oxygen atoms in total. The van der Waals surface area contributed by atoms with Crippen molar-refractivity contribution in [1.82, 2.24) is 0 Å². The molecule has 52 heavy (non-hydrogen) atoms. The Bertz CT molecular complexity index is 1790. The van der Waals surface area contributed by atoms with Gasteiger partial charge in [-0.1, -0.05) is 158 Å². The van der Waals surface area contributed by atoms with Crippen molar-refractivity contribution in [2.75, 3.05) is 0 Å². The van der Waals surface area contributed by atoms with Crippen molar-refractivity contribution in [2.45, 2.75) is 137 Å². The van der Waals surface area contributed by atoms with Crippen LogP contribution in [-0.2, 0) is 4.79 Å². The van der Waals surface area contributed by atoms with Crippen LogP contribution < -0.4 is 4.74 Å². The van der Waals surface area contributed by atoms with Crippen LogP contribution in [0.1, 0.15) is 154 Å². The zero-order valence-electron chi connectivity index (χ0n) is 31.4. The third-order valence-electron chi connectivity index (χ3n) is 9.94. The maximum atomic E-state index is 14.1. The number of carbonyl (C=O) groups is 3. The number of carbonyl (C=O) groups excluding carboxylic acids is 3. The van der Waals surface area contributed by atoms with Gasteiger partial charge in [-0.15, -0.1) is 0 Å². The first-order chi connectivity index (χ1) is 25.3. The Morgan fingerprint density at radius 3 is 1.50 bits per heavy atom. The minimum Gasteiger partial charge on any atom is -0.426 e. The second-order valence-electron chi connectivity index (χ2n) is 14.3. The monoisotopic (exact) mass is 734 g/mol. The maximum absolute atomic E-state index is 14.1. The van der Waals surface area contributed by atoms with Crippen LogP contribution in [0, 0.1) is 5.92 Å². The van der Waals surface area contributed by atoms with Crippen LogP contribution in [0.5, 0.6) is 5.75 Å². The SMILES string of the molecule is CCCCCCCCCC(CCCCCC)C(=O)Oc1ccc(Sc2cccc3c2C(=O)c2cccc(Sc4ccc(C(C)C)cc4)c2C3=O)cc1. The second kappa shape index (κ2) is 20.0. The van der Waals surface area contributed by atoms with Gasteiger partial charge in [0.25, 0.3) is 0 Å². The molecule has 1 aliphatic carbocycles. The van der Waals surface area contributed by atoms with Gasteiger partial charge in [0, 0.05) is 41.8 Å². The Labute approximate surface area is 319 Å². The fourth-order valence-corrected chi connectivity index (χ4v) is 8.80. The normalized spacial score (nSPS) is 12.9. The van der Waals surface area contributed by atoms with Gasteiger partial charge in [0.05, 0.1) is 5.92 Å². The van der Waals surface area contributed by atoms with Gasteiger partial charge in [0.15, 0.2) is 11.6 Å². The third-order valence-corrected chi connectivity index (χ3v) is 12.1.